The van der Waals surface area contributed by atoms with Gasteiger partial charge in [-0.1, -0.05) is 17.7 Å². The van der Waals surface area contributed by atoms with E-state index in [2.05, 4.69) is 10.6 Å². The molecule has 1 heterocycles. The number of nitrogens with one attached hydrogen (secondary N) is 2. The smallest absolute Gasteiger partial charge is 0.317 e. The number of halogens is 2. The summed E-state index contributed by atoms with van der Waals surface area (Å²) in [6, 6.07) is 3.97. The Labute approximate surface area is 152 Å². The number of hydrogen-bond donors (Lipinski definition) is 2. The number of rotatable bonds is 5. The fraction of sp³-hybridized carbons (Fsp3) is 0.529. The van der Waals surface area contributed by atoms with Crippen molar-refractivity contribution in [3.8, 4) is 0 Å². The Morgan fingerprint density at radius 2 is 1.96 bits per heavy atom. The summed E-state index contributed by atoms with van der Waals surface area (Å²) in [5.74, 6) is -0.477. The molecular formula is C17H24ClFN4O2. The molecule has 3 amide bonds. The van der Waals surface area contributed by atoms with Crippen molar-refractivity contribution in [1.82, 2.24) is 20.4 Å². The Morgan fingerprint density at radius 3 is 2.56 bits per heavy atom. The number of carbonyl (C=O) groups excluding carboxylic acids is 2. The van der Waals surface area contributed by atoms with E-state index < -0.39 is 5.82 Å². The van der Waals surface area contributed by atoms with Gasteiger partial charge in [0.2, 0.25) is 5.91 Å². The second-order valence-corrected chi connectivity index (χ2v) is 6.47. The first-order valence-electron chi connectivity index (χ1n) is 8.40. The molecule has 0 saturated carbocycles. The van der Waals surface area contributed by atoms with Gasteiger partial charge in [-0.15, -0.1) is 0 Å². The summed E-state index contributed by atoms with van der Waals surface area (Å²) in [7, 11) is 0. The van der Waals surface area contributed by atoms with Gasteiger partial charge in [-0.3, -0.25) is 9.69 Å². The van der Waals surface area contributed by atoms with Crippen LogP contribution in [0.3, 0.4) is 0 Å². The van der Waals surface area contributed by atoms with Crippen molar-refractivity contribution in [2.24, 2.45) is 0 Å². The molecule has 0 spiro atoms. The lowest BCUT2D eigenvalue weighted by Gasteiger charge is -2.34. The molecule has 1 aromatic carbocycles. The fourth-order valence-electron chi connectivity index (χ4n) is 2.71. The van der Waals surface area contributed by atoms with Crippen LogP contribution in [-0.4, -0.2) is 61.0 Å². The molecule has 0 bridgehead atoms. The van der Waals surface area contributed by atoms with Crippen LogP contribution in [0.4, 0.5) is 9.18 Å². The first-order valence-corrected chi connectivity index (χ1v) is 8.78. The highest BCUT2D eigenvalue weighted by Crippen LogP contribution is 2.21. The van der Waals surface area contributed by atoms with Crippen LogP contribution in [0.5, 0.6) is 0 Å². The van der Waals surface area contributed by atoms with Gasteiger partial charge in [0.15, 0.2) is 0 Å². The third kappa shape index (κ3) is 5.57. The highest BCUT2D eigenvalue weighted by molar-refractivity contribution is 6.30. The standard InChI is InChI=1S/C17H24ClFN4O2/c1-3-20-16(24)11-22-6-8-23(9-7-22)17(25)21-12(2)13-4-5-15(19)14(18)10-13/h4-5,10,12H,3,6-9,11H2,1-2H3,(H,20,24)(H,21,25). The minimum atomic E-state index is -0.479. The predicted molar refractivity (Wildman–Crippen MR) is 95.1 cm³/mol. The van der Waals surface area contributed by atoms with Gasteiger partial charge in [0.1, 0.15) is 5.82 Å². The van der Waals surface area contributed by atoms with Crippen molar-refractivity contribution in [2.75, 3.05) is 39.3 Å². The molecular weight excluding hydrogens is 347 g/mol. The average molecular weight is 371 g/mol. The molecule has 6 nitrogen and oxygen atoms in total. The van der Waals surface area contributed by atoms with Gasteiger partial charge in [-0.05, 0) is 31.5 Å². The summed E-state index contributed by atoms with van der Waals surface area (Å²) in [5.41, 5.74) is 0.745. The molecule has 1 saturated heterocycles. The molecule has 1 fully saturated rings. The SMILES string of the molecule is CCNC(=O)CN1CCN(C(=O)NC(C)c2ccc(F)c(Cl)c2)CC1. The van der Waals surface area contributed by atoms with Gasteiger partial charge in [-0.2, -0.15) is 0 Å². The van der Waals surface area contributed by atoms with Crippen LogP contribution in [0, 0.1) is 5.82 Å². The number of hydrogen-bond acceptors (Lipinski definition) is 3. The number of nitrogens with zero attached hydrogens (tertiary/aromatic N) is 2. The van der Waals surface area contributed by atoms with Crippen LogP contribution in [0.2, 0.25) is 5.02 Å². The monoisotopic (exact) mass is 370 g/mol. The zero-order valence-electron chi connectivity index (χ0n) is 14.5. The molecule has 1 aliphatic heterocycles. The summed E-state index contributed by atoms with van der Waals surface area (Å²) in [6.45, 7) is 7.11. The van der Waals surface area contributed by atoms with Crippen LogP contribution < -0.4 is 10.6 Å². The molecule has 1 aromatic rings. The minimum absolute atomic E-state index is 0.00205. The van der Waals surface area contributed by atoms with Crippen LogP contribution >= 0.6 is 11.6 Å². The van der Waals surface area contributed by atoms with Crippen molar-refractivity contribution in [1.29, 1.82) is 0 Å². The van der Waals surface area contributed by atoms with Crippen LogP contribution in [0.1, 0.15) is 25.5 Å². The zero-order chi connectivity index (χ0) is 18.4. The van der Waals surface area contributed by atoms with Crippen molar-refractivity contribution in [3.05, 3.63) is 34.6 Å². The predicted octanol–water partition coefficient (Wildman–Crippen LogP) is 2.00. The molecule has 2 rings (SSSR count). The highest BCUT2D eigenvalue weighted by Gasteiger charge is 2.23. The largest absolute Gasteiger partial charge is 0.355 e. The van der Waals surface area contributed by atoms with E-state index in [1.165, 1.54) is 12.1 Å². The van der Waals surface area contributed by atoms with E-state index >= 15 is 0 Å². The third-order valence-corrected chi connectivity index (χ3v) is 4.47. The molecule has 8 heteroatoms. The van der Waals surface area contributed by atoms with Crippen LogP contribution in [-0.2, 0) is 4.79 Å². The maximum Gasteiger partial charge on any atom is 0.317 e. The first kappa shape index (κ1) is 19.5. The molecule has 138 valence electrons. The third-order valence-electron chi connectivity index (χ3n) is 4.18. The van der Waals surface area contributed by atoms with Gasteiger partial charge in [-0.25, -0.2) is 9.18 Å². The highest BCUT2D eigenvalue weighted by atomic mass is 35.5. The Balaban J connectivity index is 1.82. The Bertz CT molecular complexity index is 621. The summed E-state index contributed by atoms with van der Waals surface area (Å²) < 4.78 is 13.2. The molecule has 25 heavy (non-hydrogen) atoms. The van der Waals surface area contributed by atoms with Gasteiger partial charge < -0.3 is 15.5 Å². The van der Waals surface area contributed by atoms with Gasteiger partial charge in [0.05, 0.1) is 17.6 Å². The van der Waals surface area contributed by atoms with Crippen molar-refractivity contribution < 1.29 is 14.0 Å². The molecule has 1 unspecified atom stereocenters. The Kier molecular flexibility index (Phi) is 7.01. The van der Waals surface area contributed by atoms with E-state index in [0.717, 1.165) is 5.56 Å². The molecule has 1 aliphatic rings. The van der Waals surface area contributed by atoms with E-state index in [1.807, 2.05) is 18.7 Å². The number of urea groups is 1. The Morgan fingerprint density at radius 1 is 1.28 bits per heavy atom. The van der Waals surface area contributed by atoms with Crippen molar-refractivity contribution in [2.45, 2.75) is 19.9 Å². The van der Waals surface area contributed by atoms with E-state index in [4.69, 9.17) is 11.6 Å². The normalized spacial score (nSPS) is 16.4. The number of carbonyl (C=O) groups is 2. The van der Waals surface area contributed by atoms with E-state index in [1.54, 1.807) is 11.0 Å². The summed E-state index contributed by atoms with van der Waals surface area (Å²) in [5, 5.41) is 5.70. The lowest BCUT2D eigenvalue weighted by Crippen LogP contribution is -2.53. The Hall–Kier alpha value is -1.86. The molecule has 0 aliphatic carbocycles. The van der Waals surface area contributed by atoms with Crippen LogP contribution in [0.15, 0.2) is 18.2 Å². The fourth-order valence-corrected chi connectivity index (χ4v) is 2.90. The summed E-state index contributed by atoms with van der Waals surface area (Å²) >= 11 is 5.79. The minimum Gasteiger partial charge on any atom is -0.355 e. The molecule has 0 aromatic heterocycles. The average Bonchev–Trinajstić information content (AvgIpc) is 2.58. The maximum absolute atomic E-state index is 13.2. The molecule has 1 atom stereocenters. The molecule has 0 radical (unpaired) electrons. The second-order valence-electron chi connectivity index (χ2n) is 6.06. The van der Waals surface area contributed by atoms with Gasteiger partial charge >= 0.3 is 6.03 Å². The number of piperazine rings is 1. The quantitative estimate of drug-likeness (QED) is 0.833. The lowest BCUT2D eigenvalue weighted by atomic mass is 10.1. The van der Waals surface area contributed by atoms with Gasteiger partial charge in [0.25, 0.3) is 0 Å². The number of likely N-dealkylation sites (N-methyl/N-ethyl adjacent to an activating group) is 1. The summed E-state index contributed by atoms with van der Waals surface area (Å²) in [4.78, 5) is 27.7. The molecule has 2 N–H and O–H groups in total. The van der Waals surface area contributed by atoms with Gasteiger partial charge in [0, 0.05) is 32.7 Å². The topological polar surface area (TPSA) is 64.7 Å². The van der Waals surface area contributed by atoms with E-state index in [-0.39, 0.29) is 23.0 Å². The lowest BCUT2D eigenvalue weighted by molar-refractivity contribution is -0.122. The second kappa shape index (κ2) is 9.01. The van der Waals surface area contributed by atoms with Crippen LogP contribution in [0.25, 0.3) is 0 Å². The zero-order valence-corrected chi connectivity index (χ0v) is 15.3. The van der Waals surface area contributed by atoms with E-state index in [9.17, 15) is 14.0 Å². The number of amides is 3. The first-order chi connectivity index (χ1) is 11.9. The maximum atomic E-state index is 13.2. The number of benzene rings is 1. The van der Waals surface area contributed by atoms with E-state index in [0.29, 0.717) is 39.3 Å². The van der Waals surface area contributed by atoms with Crippen molar-refractivity contribution in [3.63, 3.8) is 0 Å². The van der Waals surface area contributed by atoms with Crippen molar-refractivity contribution >= 4 is 23.5 Å². The summed E-state index contributed by atoms with van der Waals surface area (Å²) in [6.07, 6.45) is 0.